The van der Waals surface area contributed by atoms with Crippen molar-refractivity contribution in [1.29, 1.82) is 0 Å². The lowest BCUT2D eigenvalue weighted by molar-refractivity contribution is -0.117. The molecule has 1 aromatic heterocycles. The predicted octanol–water partition coefficient (Wildman–Crippen LogP) is 5.71. The van der Waals surface area contributed by atoms with Crippen LogP contribution in [0.3, 0.4) is 0 Å². The highest BCUT2D eigenvalue weighted by molar-refractivity contribution is 5.94. The van der Waals surface area contributed by atoms with Crippen LogP contribution in [0, 0.1) is 0 Å². The van der Waals surface area contributed by atoms with Crippen molar-refractivity contribution >= 4 is 11.6 Å². The molecular formula is C28H45N5O. The fourth-order valence-electron chi connectivity index (χ4n) is 3.48. The SMILES string of the molecule is C=C/C=C(/N)C=C.CC.CC.CNCCn1cc(-c2ccc3c(c2)CC[C@H](C)N3C(C)=O)cn1. The molecule has 2 aromatic rings. The van der Waals surface area contributed by atoms with Gasteiger partial charge in [-0.2, -0.15) is 5.10 Å². The van der Waals surface area contributed by atoms with Crippen LogP contribution in [0.2, 0.25) is 0 Å². The van der Waals surface area contributed by atoms with Crippen LogP contribution in [0.1, 0.15) is 53.5 Å². The topological polar surface area (TPSA) is 76.2 Å². The van der Waals surface area contributed by atoms with Gasteiger partial charge in [-0.1, -0.05) is 53.0 Å². The summed E-state index contributed by atoms with van der Waals surface area (Å²) < 4.78 is 1.95. The standard InChI is InChI=1S/C18H24N4O.C6H9N.2C2H6/c1-13-4-5-16-10-15(6-7-18(16)22(13)14(2)23)17-11-20-21(12-17)9-8-19-3;1-3-5-6(7)4-2;2*1-2/h6-7,10-13,19H,4-5,8-9H2,1-3H3;3-5H,1-2,7H2;2*1-2H3/b;6-5+;;/t13-;;;/m0.../s1. The summed E-state index contributed by atoms with van der Waals surface area (Å²) in [4.78, 5) is 13.9. The normalized spacial score (nSPS) is 14.1. The van der Waals surface area contributed by atoms with Gasteiger partial charge in [-0.15, -0.1) is 0 Å². The Morgan fingerprint density at radius 2 is 1.91 bits per heavy atom. The van der Waals surface area contributed by atoms with E-state index in [1.54, 1.807) is 25.2 Å². The average molecular weight is 468 g/mol. The average Bonchev–Trinajstić information content (AvgIpc) is 3.34. The molecule has 0 spiro atoms. The van der Waals surface area contributed by atoms with E-state index in [0.29, 0.717) is 5.70 Å². The monoisotopic (exact) mass is 467 g/mol. The Morgan fingerprint density at radius 3 is 2.44 bits per heavy atom. The van der Waals surface area contributed by atoms with Gasteiger partial charge in [0, 0.05) is 42.7 Å². The molecular weight excluding hydrogens is 422 g/mol. The van der Waals surface area contributed by atoms with Crippen molar-refractivity contribution in [3.63, 3.8) is 0 Å². The molecule has 0 bridgehead atoms. The van der Waals surface area contributed by atoms with Gasteiger partial charge < -0.3 is 16.0 Å². The lowest BCUT2D eigenvalue weighted by atomic mass is 9.94. The number of carbonyl (C=O) groups is 1. The number of carbonyl (C=O) groups excluding carboxylic acids is 1. The van der Waals surface area contributed by atoms with Gasteiger partial charge in [0.15, 0.2) is 0 Å². The zero-order valence-corrected chi connectivity index (χ0v) is 22.3. The zero-order chi connectivity index (χ0) is 26.1. The number of rotatable bonds is 6. The smallest absolute Gasteiger partial charge is 0.224 e. The van der Waals surface area contributed by atoms with Crippen molar-refractivity contribution < 1.29 is 4.79 Å². The van der Waals surface area contributed by atoms with E-state index in [2.05, 4.69) is 54.9 Å². The van der Waals surface area contributed by atoms with Crippen molar-refractivity contribution in [2.24, 2.45) is 5.73 Å². The number of likely N-dealkylation sites (N-methyl/N-ethyl adjacent to an activating group) is 1. The highest BCUT2D eigenvalue weighted by atomic mass is 16.2. The first kappa shape index (κ1) is 30.9. The summed E-state index contributed by atoms with van der Waals surface area (Å²) in [5.41, 5.74) is 10.5. The van der Waals surface area contributed by atoms with Gasteiger partial charge in [0.25, 0.3) is 0 Å². The van der Waals surface area contributed by atoms with Gasteiger partial charge in [0.05, 0.1) is 12.7 Å². The minimum absolute atomic E-state index is 0.117. The third kappa shape index (κ3) is 9.40. The minimum atomic E-state index is 0.117. The van der Waals surface area contributed by atoms with Crippen LogP contribution in [0.4, 0.5) is 5.69 Å². The Hall–Kier alpha value is -3.12. The number of aromatic nitrogens is 2. The third-order valence-corrected chi connectivity index (χ3v) is 5.05. The highest BCUT2D eigenvalue weighted by Crippen LogP contribution is 2.34. The molecule has 6 heteroatoms. The number of amides is 1. The molecule has 2 heterocycles. The molecule has 1 aromatic carbocycles. The molecule has 3 rings (SSSR count). The Kier molecular flexibility index (Phi) is 15.8. The van der Waals surface area contributed by atoms with E-state index in [1.807, 2.05) is 50.5 Å². The molecule has 1 aliphatic rings. The molecule has 6 nitrogen and oxygen atoms in total. The lowest BCUT2D eigenvalue weighted by Crippen LogP contribution is -2.40. The third-order valence-electron chi connectivity index (χ3n) is 5.05. The van der Waals surface area contributed by atoms with Crippen LogP contribution < -0.4 is 16.0 Å². The van der Waals surface area contributed by atoms with Crippen molar-refractivity contribution in [1.82, 2.24) is 15.1 Å². The summed E-state index contributed by atoms with van der Waals surface area (Å²) in [6, 6.07) is 6.64. The van der Waals surface area contributed by atoms with E-state index < -0.39 is 0 Å². The Labute approximate surface area is 207 Å². The molecule has 1 amide bonds. The second kappa shape index (κ2) is 17.4. The van der Waals surface area contributed by atoms with Crippen LogP contribution in [0.5, 0.6) is 0 Å². The number of benzene rings is 1. The van der Waals surface area contributed by atoms with Gasteiger partial charge in [0.1, 0.15) is 0 Å². The van der Waals surface area contributed by atoms with E-state index >= 15 is 0 Å². The minimum Gasteiger partial charge on any atom is -0.399 e. The van der Waals surface area contributed by atoms with Crippen LogP contribution >= 0.6 is 0 Å². The molecule has 188 valence electrons. The molecule has 1 aliphatic heterocycles. The van der Waals surface area contributed by atoms with E-state index in [0.717, 1.165) is 42.7 Å². The molecule has 34 heavy (non-hydrogen) atoms. The van der Waals surface area contributed by atoms with Crippen LogP contribution in [0.25, 0.3) is 11.1 Å². The quantitative estimate of drug-likeness (QED) is 0.534. The number of nitrogens with zero attached hydrogens (tertiary/aromatic N) is 3. The van der Waals surface area contributed by atoms with Gasteiger partial charge >= 0.3 is 0 Å². The van der Waals surface area contributed by atoms with Gasteiger partial charge in [-0.05, 0) is 62.2 Å². The molecule has 0 saturated heterocycles. The predicted molar refractivity (Wildman–Crippen MR) is 148 cm³/mol. The van der Waals surface area contributed by atoms with Crippen molar-refractivity contribution in [2.45, 2.75) is 67.0 Å². The first-order valence-electron chi connectivity index (χ1n) is 12.2. The number of nitrogens with two attached hydrogens (primary N) is 1. The second-order valence-corrected chi connectivity index (χ2v) is 7.32. The number of hydrogen-bond acceptors (Lipinski definition) is 4. The van der Waals surface area contributed by atoms with E-state index in [9.17, 15) is 4.79 Å². The van der Waals surface area contributed by atoms with Crippen molar-refractivity contribution in [2.75, 3.05) is 18.5 Å². The summed E-state index contributed by atoms with van der Waals surface area (Å²) in [7, 11) is 1.94. The molecule has 0 aliphatic carbocycles. The Bertz CT molecular complexity index is 913. The number of hydrogen-bond donors (Lipinski definition) is 2. The number of allylic oxidation sites excluding steroid dienone is 3. The van der Waals surface area contributed by atoms with Gasteiger partial charge in [0.2, 0.25) is 5.91 Å². The maximum Gasteiger partial charge on any atom is 0.224 e. The summed E-state index contributed by atoms with van der Waals surface area (Å²) in [6.07, 6.45) is 10.9. The van der Waals surface area contributed by atoms with Crippen LogP contribution in [0.15, 0.2) is 67.7 Å². The van der Waals surface area contributed by atoms with Gasteiger partial charge in [-0.25, -0.2) is 0 Å². The lowest BCUT2D eigenvalue weighted by Gasteiger charge is -2.34. The number of aryl methyl sites for hydroxylation is 1. The number of fused-ring (bicyclic) bond motifs is 1. The van der Waals surface area contributed by atoms with E-state index in [1.165, 1.54) is 5.56 Å². The molecule has 0 fully saturated rings. The molecule has 0 unspecified atom stereocenters. The van der Waals surface area contributed by atoms with Crippen LogP contribution in [-0.4, -0.2) is 35.3 Å². The van der Waals surface area contributed by atoms with Gasteiger partial charge in [-0.3, -0.25) is 9.48 Å². The van der Waals surface area contributed by atoms with Crippen molar-refractivity contribution in [3.05, 3.63) is 73.2 Å². The van der Waals surface area contributed by atoms with E-state index in [4.69, 9.17) is 5.73 Å². The Balaban J connectivity index is 0.000000844. The fourth-order valence-corrected chi connectivity index (χ4v) is 3.48. The molecule has 1 atom stereocenters. The molecule has 3 N–H and O–H groups in total. The van der Waals surface area contributed by atoms with E-state index in [-0.39, 0.29) is 11.9 Å². The first-order valence-corrected chi connectivity index (χ1v) is 12.2. The largest absolute Gasteiger partial charge is 0.399 e. The van der Waals surface area contributed by atoms with Crippen molar-refractivity contribution in [3.8, 4) is 11.1 Å². The molecule has 0 saturated carbocycles. The fraction of sp³-hybridized carbons (Fsp3) is 0.429. The zero-order valence-electron chi connectivity index (χ0n) is 22.3. The summed E-state index contributed by atoms with van der Waals surface area (Å²) in [6.45, 7) is 20.4. The maximum absolute atomic E-state index is 11.9. The second-order valence-electron chi connectivity index (χ2n) is 7.32. The highest BCUT2D eigenvalue weighted by Gasteiger charge is 2.26. The summed E-state index contributed by atoms with van der Waals surface area (Å²) in [5, 5.41) is 7.54. The molecule has 0 radical (unpaired) electrons. The number of nitrogens with one attached hydrogen (secondary N) is 1. The van der Waals surface area contributed by atoms with Crippen LogP contribution in [-0.2, 0) is 17.8 Å². The summed E-state index contributed by atoms with van der Waals surface area (Å²) in [5.74, 6) is 0.117. The summed E-state index contributed by atoms with van der Waals surface area (Å²) >= 11 is 0. The maximum atomic E-state index is 11.9. The number of anilines is 1. The first-order chi connectivity index (χ1) is 16.4. The Morgan fingerprint density at radius 1 is 1.24 bits per heavy atom.